The van der Waals surface area contributed by atoms with Gasteiger partial charge in [-0.3, -0.25) is 0 Å². The molecular formula is C10H21N. The predicted molar refractivity (Wildman–Crippen MR) is 49.6 cm³/mol. The molecule has 0 bridgehead atoms. The van der Waals surface area contributed by atoms with Gasteiger partial charge in [-0.25, -0.2) is 0 Å². The topological polar surface area (TPSA) is 12.0 Å². The molecule has 0 aromatic rings. The molecular weight excluding hydrogens is 134 g/mol. The average molecular weight is 155 g/mol. The summed E-state index contributed by atoms with van der Waals surface area (Å²) in [6, 6.07) is 0.753. The first kappa shape index (κ1) is 9.05. The Hall–Kier alpha value is -0.0400. The lowest BCUT2D eigenvalue weighted by Crippen LogP contribution is -2.37. The van der Waals surface area contributed by atoms with E-state index < -0.39 is 0 Å². The molecule has 1 saturated heterocycles. The molecule has 1 aliphatic rings. The number of nitrogens with one attached hydrogen (secondary N) is 1. The quantitative estimate of drug-likeness (QED) is 0.645. The van der Waals surface area contributed by atoms with Gasteiger partial charge in [-0.1, -0.05) is 20.3 Å². The largest absolute Gasteiger partial charge is 0.314 e. The summed E-state index contributed by atoms with van der Waals surface area (Å²) in [5.41, 5.74) is 0. The van der Waals surface area contributed by atoms with Crippen LogP contribution < -0.4 is 5.32 Å². The van der Waals surface area contributed by atoms with Crippen molar-refractivity contribution in [2.75, 3.05) is 6.54 Å². The molecule has 66 valence electrons. The normalized spacial score (nSPS) is 35.2. The number of hydrogen-bond donors (Lipinski definition) is 1. The molecule has 1 N–H and O–H groups in total. The Morgan fingerprint density at radius 2 is 2.27 bits per heavy atom. The van der Waals surface area contributed by atoms with Gasteiger partial charge < -0.3 is 5.32 Å². The maximum absolute atomic E-state index is 3.49. The lowest BCUT2D eigenvalue weighted by molar-refractivity contribution is 0.235. The monoisotopic (exact) mass is 155 g/mol. The Morgan fingerprint density at radius 1 is 1.55 bits per heavy atom. The lowest BCUT2D eigenvalue weighted by Gasteiger charge is -2.31. The maximum atomic E-state index is 3.49. The predicted octanol–water partition coefficient (Wildman–Crippen LogP) is 2.42. The number of piperidine rings is 1. The van der Waals surface area contributed by atoms with Gasteiger partial charge in [0.25, 0.3) is 0 Å². The molecule has 0 aliphatic carbocycles. The van der Waals surface area contributed by atoms with Gasteiger partial charge in [0.1, 0.15) is 0 Å². The van der Waals surface area contributed by atoms with Crippen LogP contribution in [0.15, 0.2) is 0 Å². The second-order valence-corrected chi connectivity index (χ2v) is 4.03. The Kier molecular flexibility index (Phi) is 3.38. The van der Waals surface area contributed by atoms with Crippen molar-refractivity contribution in [2.45, 2.75) is 46.1 Å². The Morgan fingerprint density at radius 3 is 2.82 bits per heavy atom. The molecule has 1 fully saturated rings. The van der Waals surface area contributed by atoms with Crippen molar-refractivity contribution in [3.05, 3.63) is 0 Å². The fourth-order valence-corrected chi connectivity index (χ4v) is 2.02. The molecule has 3 atom stereocenters. The average Bonchev–Trinajstić information content (AvgIpc) is 2.03. The zero-order valence-electron chi connectivity index (χ0n) is 8.06. The van der Waals surface area contributed by atoms with Crippen LogP contribution in [0.5, 0.6) is 0 Å². The van der Waals surface area contributed by atoms with Crippen molar-refractivity contribution in [3.8, 4) is 0 Å². The number of hydrogen-bond acceptors (Lipinski definition) is 1. The van der Waals surface area contributed by atoms with Gasteiger partial charge in [0.2, 0.25) is 0 Å². The first-order valence-electron chi connectivity index (χ1n) is 4.97. The minimum absolute atomic E-state index is 0.753. The van der Waals surface area contributed by atoms with Crippen LogP contribution in [-0.4, -0.2) is 12.6 Å². The van der Waals surface area contributed by atoms with Gasteiger partial charge in [-0.2, -0.15) is 0 Å². The SMILES string of the molecule is CCC(C)C1CCNC(C)C1. The van der Waals surface area contributed by atoms with E-state index >= 15 is 0 Å². The van der Waals surface area contributed by atoms with E-state index in [4.69, 9.17) is 0 Å². The van der Waals surface area contributed by atoms with E-state index in [1.807, 2.05) is 0 Å². The third-order valence-electron chi connectivity index (χ3n) is 3.11. The zero-order chi connectivity index (χ0) is 8.27. The minimum Gasteiger partial charge on any atom is -0.314 e. The Balaban J connectivity index is 2.33. The highest BCUT2D eigenvalue weighted by Crippen LogP contribution is 2.26. The third kappa shape index (κ3) is 2.48. The molecule has 1 rings (SSSR count). The summed E-state index contributed by atoms with van der Waals surface area (Å²) in [6.45, 7) is 8.23. The van der Waals surface area contributed by atoms with Crippen molar-refractivity contribution in [1.82, 2.24) is 5.32 Å². The van der Waals surface area contributed by atoms with E-state index in [0.717, 1.165) is 17.9 Å². The highest BCUT2D eigenvalue weighted by atomic mass is 14.9. The van der Waals surface area contributed by atoms with Crippen LogP contribution in [0.25, 0.3) is 0 Å². The molecule has 11 heavy (non-hydrogen) atoms. The summed E-state index contributed by atoms with van der Waals surface area (Å²) >= 11 is 0. The zero-order valence-corrected chi connectivity index (χ0v) is 8.06. The van der Waals surface area contributed by atoms with E-state index in [-0.39, 0.29) is 0 Å². The minimum atomic E-state index is 0.753. The van der Waals surface area contributed by atoms with Crippen molar-refractivity contribution in [2.24, 2.45) is 11.8 Å². The fraction of sp³-hybridized carbons (Fsp3) is 1.00. The van der Waals surface area contributed by atoms with Crippen molar-refractivity contribution < 1.29 is 0 Å². The molecule has 1 heteroatoms. The van der Waals surface area contributed by atoms with Crippen molar-refractivity contribution >= 4 is 0 Å². The van der Waals surface area contributed by atoms with Gasteiger partial charge >= 0.3 is 0 Å². The number of rotatable bonds is 2. The molecule has 1 aliphatic heterocycles. The highest BCUT2D eigenvalue weighted by molar-refractivity contribution is 4.77. The van der Waals surface area contributed by atoms with Crippen molar-refractivity contribution in [3.63, 3.8) is 0 Å². The van der Waals surface area contributed by atoms with Gasteiger partial charge in [-0.15, -0.1) is 0 Å². The molecule has 0 spiro atoms. The van der Waals surface area contributed by atoms with E-state index in [9.17, 15) is 0 Å². The van der Waals surface area contributed by atoms with Gasteiger partial charge in [0.05, 0.1) is 0 Å². The van der Waals surface area contributed by atoms with Crippen LogP contribution in [0.1, 0.15) is 40.0 Å². The molecule has 1 nitrogen and oxygen atoms in total. The Labute approximate surface area is 70.6 Å². The smallest absolute Gasteiger partial charge is 0.00414 e. The van der Waals surface area contributed by atoms with E-state index in [0.29, 0.717) is 0 Å². The molecule has 3 unspecified atom stereocenters. The summed E-state index contributed by atoms with van der Waals surface area (Å²) in [5, 5.41) is 3.49. The maximum Gasteiger partial charge on any atom is 0.00414 e. The summed E-state index contributed by atoms with van der Waals surface area (Å²) in [6.07, 6.45) is 4.12. The molecule has 0 saturated carbocycles. The van der Waals surface area contributed by atoms with E-state index in [2.05, 4.69) is 26.1 Å². The van der Waals surface area contributed by atoms with E-state index in [1.54, 1.807) is 0 Å². The molecule has 0 amide bonds. The molecule has 0 aromatic heterocycles. The first-order valence-corrected chi connectivity index (χ1v) is 4.97. The van der Waals surface area contributed by atoms with Gasteiger partial charge in [0.15, 0.2) is 0 Å². The van der Waals surface area contributed by atoms with Crippen LogP contribution >= 0.6 is 0 Å². The Bertz CT molecular complexity index is 111. The first-order chi connectivity index (χ1) is 5.24. The molecule has 0 aromatic carbocycles. The van der Waals surface area contributed by atoms with Crippen LogP contribution in [0, 0.1) is 11.8 Å². The lowest BCUT2D eigenvalue weighted by atomic mass is 9.82. The molecule has 0 radical (unpaired) electrons. The van der Waals surface area contributed by atoms with Gasteiger partial charge in [0, 0.05) is 6.04 Å². The van der Waals surface area contributed by atoms with E-state index in [1.165, 1.54) is 25.8 Å². The summed E-state index contributed by atoms with van der Waals surface area (Å²) in [7, 11) is 0. The van der Waals surface area contributed by atoms with Crippen molar-refractivity contribution in [1.29, 1.82) is 0 Å². The second-order valence-electron chi connectivity index (χ2n) is 4.03. The standard InChI is InChI=1S/C10H21N/c1-4-8(2)10-5-6-11-9(3)7-10/h8-11H,4-7H2,1-3H3. The van der Waals surface area contributed by atoms with Crippen LogP contribution in [0.3, 0.4) is 0 Å². The third-order valence-corrected chi connectivity index (χ3v) is 3.11. The summed E-state index contributed by atoms with van der Waals surface area (Å²) in [4.78, 5) is 0. The summed E-state index contributed by atoms with van der Waals surface area (Å²) < 4.78 is 0. The second kappa shape index (κ2) is 4.10. The molecule has 1 heterocycles. The fourth-order valence-electron chi connectivity index (χ4n) is 2.02. The van der Waals surface area contributed by atoms with Gasteiger partial charge in [-0.05, 0) is 38.1 Å². The highest BCUT2D eigenvalue weighted by Gasteiger charge is 2.21. The van der Waals surface area contributed by atoms with Crippen LogP contribution in [0.2, 0.25) is 0 Å². The summed E-state index contributed by atoms with van der Waals surface area (Å²) in [5.74, 6) is 1.91. The van der Waals surface area contributed by atoms with Crippen LogP contribution in [0.4, 0.5) is 0 Å². The van der Waals surface area contributed by atoms with Crippen LogP contribution in [-0.2, 0) is 0 Å².